The summed E-state index contributed by atoms with van der Waals surface area (Å²) in [5, 5.41) is 2.93. The van der Waals surface area contributed by atoms with Gasteiger partial charge in [0.15, 0.2) is 23.9 Å². The lowest BCUT2D eigenvalue weighted by Crippen LogP contribution is -2.44. The normalized spacial score (nSPS) is 13.3. The van der Waals surface area contributed by atoms with E-state index in [1.807, 2.05) is 60.3 Å². The number of hydrogen-bond donors (Lipinski definition) is 1. The molecule has 130 valence electrons. The number of pyridine rings is 1. The van der Waals surface area contributed by atoms with Gasteiger partial charge < -0.3 is 14.8 Å². The highest BCUT2D eigenvalue weighted by Gasteiger charge is 2.23. The number of rotatable bonds is 4. The Hall–Kier alpha value is -3.34. The quantitative estimate of drug-likeness (QED) is 0.734. The number of nitrogens with one attached hydrogen (secondary N) is 1. The Kier molecular flexibility index (Phi) is 4.27. The van der Waals surface area contributed by atoms with Crippen LogP contribution in [0, 0.1) is 0 Å². The van der Waals surface area contributed by atoms with E-state index in [1.165, 1.54) is 0 Å². The molecule has 0 saturated carbocycles. The molecular weight excluding hydrogens is 328 g/mol. The fraction of sp³-hybridized carbons (Fsp3) is 0.143. The van der Waals surface area contributed by atoms with Crippen LogP contribution >= 0.6 is 0 Å². The molecule has 5 nitrogen and oxygen atoms in total. The van der Waals surface area contributed by atoms with Crippen LogP contribution in [0.1, 0.15) is 13.0 Å². The summed E-state index contributed by atoms with van der Waals surface area (Å²) in [7, 11) is 0. The molecule has 2 heterocycles. The molecule has 0 saturated heterocycles. The van der Waals surface area contributed by atoms with Crippen LogP contribution in [0.25, 0.3) is 11.1 Å². The number of aromatic nitrogens is 1. The van der Waals surface area contributed by atoms with Crippen LogP contribution in [0.2, 0.25) is 0 Å². The largest absolute Gasteiger partial charge is 0.454 e. The van der Waals surface area contributed by atoms with Crippen LogP contribution in [0.15, 0.2) is 73.1 Å². The van der Waals surface area contributed by atoms with E-state index in [1.54, 1.807) is 12.1 Å². The molecule has 0 aliphatic carbocycles. The van der Waals surface area contributed by atoms with Gasteiger partial charge >= 0.3 is 0 Å². The highest BCUT2D eigenvalue weighted by atomic mass is 16.7. The second-order valence-corrected chi connectivity index (χ2v) is 6.14. The van der Waals surface area contributed by atoms with Gasteiger partial charge in [0.2, 0.25) is 12.8 Å². The third kappa shape index (κ3) is 3.24. The molecule has 1 aromatic heterocycles. The van der Waals surface area contributed by atoms with E-state index in [9.17, 15) is 4.79 Å². The molecule has 0 spiro atoms. The maximum Gasteiger partial charge on any atom is 0.293 e. The molecule has 1 aliphatic heterocycles. The van der Waals surface area contributed by atoms with Crippen molar-refractivity contribution in [3.63, 3.8) is 0 Å². The summed E-state index contributed by atoms with van der Waals surface area (Å²) in [5.41, 5.74) is 2.87. The molecule has 26 heavy (non-hydrogen) atoms. The van der Waals surface area contributed by atoms with E-state index in [0.29, 0.717) is 17.2 Å². The number of amides is 1. The average Bonchev–Trinajstić information content (AvgIpc) is 3.16. The van der Waals surface area contributed by atoms with Crippen molar-refractivity contribution in [2.45, 2.75) is 13.0 Å². The minimum absolute atomic E-state index is 0.0981. The predicted octanol–water partition coefficient (Wildman–Crippen LogP) is 3.57. The Morgan fingerprint density at radius 1 is 1.00 bits per heavy atom. The molecule has 1 aliphatic rings. The second kappa shape index (κ2) is 6.88. The highest BCUT2D eigenvalue weighted by molar-refractivity contribution is 5.92. The lowest BCUT2D eigenvalue weighted by atomic mass is 10.1. The number of nitrogens with zero attached hydrogens (tertiary/aromatic N) is 1. The van der Waals surface area contributed by atoms with Gasteiger partial charge in [0.05, 0.1) is 0 Å². The van der Waals surface area contributed by atoms with Crippen molar-refractivity contribution in [2.75, 3.05) is 12.1 Å². The number of benzene rings is 2. The molecular formula is C21H19N2O3+. The summed E-state index contributed by atoms with van der Waals surface area (Å²) in [6, 6.07) is 19.1. The third-order valence-corrected chi connectivity index (χ3v) is 4.40. The Bertz CT molecular complexity index is 941. The minimum atomic E-state index is -0.357. The van der Waals surface area contributed by atoms with Crippen molar-refractivity contribution in [3.8, 4) is 22.6 Å². The Morgan fingerprint density at radius 2 is 1.77 bits per heavy atom. The first-order valence-electron chi connectivity index (χ1n) is 8.47. The summed E-state index contributed by atoms with van der Waals surface area (Å²) >= 11 is 0. The zero-order chi connectivity index (χ0) is 17.9. The second-order valence-electron chi connectivity index (χ2n) is 6.14. The SMILES string of the molecule is C[C@H](C(=O)Nc1ccc2c(c1)OCO2)[n+]1cccc(-c2ccccc2)c1. The van der Waals surface area contributed by atoms with E-state index in [0.717, 1.165) is 11.1 Å². The van der Waals surface area contributed by atoms with Gasteiger partial charge in [-0.25, -0.2) is 0 Å². The number of ether oxygens (including phenoxy) is 2. The van der Waals surface area contributed by atoms with E-state index in [4.69, 9.17) is 9.47 Å². The highest BCUT2D eigenvalue weighted by Crippen LogP contribution is 2.34. The van der Waals surface area contributed by atoms with E-state index >= 15 is 0 Å². The summed E-state index contributed by atoms with van der Waals surface area (Å²) in [4.78, 5) is 12.7. The monoisotopic (exact) mass is 347 g/mol. The van der Waals surface area contributed by atoms with Gasteiger partial charge in [-0.05, 0) is 23.8 Å². The van der Waals surface area contributed by atoms with Gasteiger partial charge in [-0.1, -0.05) is 30.3 Å². The minimum Gasteiger partial charge on any atom is -0.454 e. The number of carbonyl (C=O) groups excluding carboxylic acids is 1. The number of fused-ring (bicyclic) bond motifs is 1. The van der Waals surface area contributed by atoms with Gasteiger partial charge in [0, 0.05) is 30.3 Å². The van der Waals surface area contributed by atoms with Crippen molar-refractivity contribution < 1.29 is 18.8 Å². The standard InChI is InChI=1S/C21H18N2O3/c1-15(21(24)22-18-9-10-19-20(12-18)26-14-25-19)23-11-5-8-17(13-23)16-6-3-2-4-7-16/h2-13,15H,14H2,1H3/p+1/t15-/m1/s1. The molecule has 0 fully saturated rings. The lowest BCUT2D eigenvalue weighted by molar-refractivity contribution is -0.705. The summed E-state index contributed by atoms with van der Waals surface area (Å²) in [5.74, 6) is 1.24. The van der Waals surface area contributed by atoms with Crippen LogP contribution < -0.4 is 19.4 Å². The Morgan fingerprint density at radius 3 is 2.62 bits per heavy atom. The number of hydrogen-bond acceptors (Lipinski definition) is 3. The first-order valence-corrected chi connectivity index (χ1v) is 8.47. The topological polar surface area (TPSA) is 51.4 Å². The first-order chi connectivity index (χ1) is 12.7. The molecule has 0 unspecified atom stereocenters. The molecule has 1 N–H and O–H groups in total. The van der Waals surface area contributed by atoms with Crippen LogP contribution in [0.5, 0.6) is 11.5 Å². The van der Waals surface area contributed by atoms with E-state index in [2.05, 4.69) is 17.4 Å². The molecule has 1 atom stereocenters. The number of carbonyl (C=O) groups is 1. The lowest BCUT2D eigenvalue weighted by Gasteiger charge is -2.10. The number of anilines is 1. The third-order valence-electron chi connectivity index (χ3n) is 4.40. The van der Waals surface area contributed by atoms with E-state index < -0.39 is 0 Å². The fourth-order valence-electron chi connectivity index (χ4n) is 2.89. The maximum absolute atomic E-state index is 12.7. The Labute approximate surface area is 151 Å². The molecule has 5 heteroatoms. The van der Waals surface area contributed by atoms with Crippen molar-refractivity contribution >= 4 is 11.6 Å². The van der Waals surface area contributed by atoms with Gasteiger partial charge in [0.1, 0.15) is 0 Å². The first kappa shape index (κ1) is 16.1. The summed E-state index contributed by atoms with van der Waals surface area (Å²) < 4.78 is 12.6. The van der Waals surface area contributed by atoms with Crippen LogP contribution in [0.3, 0.4) is 0 Å². The zero-order valence-electron chi connectivity index (χ0n) is 14.4. The summed E-state index contributed by atoms with van der Waals surface area (Å²) in [6.07, 6.45) is 3.88. The van der Waals surface area contributed by atoms with Gasteiger partial charge in [-0.15, -0.1) is 0 Å². The fourth-order valence-corrected chi connectivity index (χ4v) is 2.89. The van der Waals surface area contributed by atoms with Gasteiger partial charge in [-0.2, -0.15) is 4.57 Å². The molecule has 0 radical (unpaired) electrons. The van der Waals surface area contributed by atoms with E-state index in [-0.39, 0.29) is 18.7 Å². The molecule has 0 bridgehead atoms. The van der Waals surface area contributed by atoms with Crippen molar-refractivity contribution in [1.82, 2.24) is 0 Å². The molecule has 2 aromatic carbocycles. The molecule has 1 amide bonds. The summed E-state index contributed by atoms with van der Waals surface area (Å²) in [6.45, 7) is 2.09. The molecule has 4 rings (SSSR count). The van der Waals surface area contributed by atoms with Crippen LogP contribution in [-0.4, -0.2) is 12.7 Å². The van der Waals surface area contributed by atoms with Crippen LogP contribution in [-0.2, 0) is 4.79 Å². The molecule has 3 aromatic rings. The maximum atomic E-state index is 12.7. The predicted molar refractivity (Wildman–Crippen MR) is 98.0 cm³/mol. The van der Waals surface area contributed by atoms with Gasteiger partial charge in [0.25, 0.3) is 5.91 Å². The zero-order valence-corrected chi connectivity index (χ0v) is 14.4. The van der Waals surface area contributed by atoms with Gasteiger partial charge in [-0.3, -0.25) is 4.79 Å². The smallest absolute Gasteiger partial charge is 0.293 e. The van der Waals surface area contributed by atoms with Crippen molar-refractivity contribution in [1.29, 1.82) is 0 Å². The average molecular weight is 347 g/mol. The Balaban J connectivity index is 1.52. The van der Waals surface area contributed by atoms with Crippen molar-refractivity contribution in [3.05, 3.63) is 73.1 Å². The van der Waals surface area contributed by atoms with Crippen molar-refractivity contribution in [2.24, 2.45) is 0 Å². The van der Waals surface area contributed by atoms with Crippen LogP contribution in [0.4, 0.5) is 5.69 Å².